The van der Waals surface area contributed by atoms with Gasteiger partial charge in [-0.2, -0.15) is 0 Å². The Bertz CT molecular complexity index is 689. The Morgan fingerprint density at radius 2 is 2.00 bits per heavy atom. The molecule has 1 amide bonds. The van der Waals surface area contributed by atoms with Gasteiger partial charge in [-0.3, -0.25) is 4.79 Å². The van der Waals surface area contributed by atoms with Crippen LogP contribution in [0, 0.1) is 0 Å². The molecule has 6 heteroatoms. The van der Waals surface area contributed by atoms with Crippen molar-refractivity contribution in [3.63, 3.8) is 0 Å². The number of nitrogens with one attached hydrogen (secondary N) is 2. The monoisotopic (exact) mass is 300 g/mol. The number of benzene rings is 1. The summed E-state index contributed by atoms with van der Waals surface area (Å²) < 4.78 is 9.98. The maximum atomic E-state index is 11.9. The van der Waals surface area contributed by atoms with Crippen LogP contribution in [0.3, 0.4) is 0 Å². The van der Waals surface area contributed by atoms with Crippen molar-refractivity contribution in [2.24, 2.45) is 0 Å². The van der Waals surface area contributed by atoms with Crippen molar-refractivity contribution in [2.75, 3.05) is 14.2 Å². The highest BCUT2D eigenvalue weighted by Gasteiger charge is 2.16. The first-order valence-corrected chi connectivity index (χ1v) is 6.47. The van der Waals surface area contributed by atoms with Gasteiger partial charge in [0.25, 0.3) is 5.91 Å². The van der Waals surface area contributed by atoms with Gasteiger partial charge in [-0.25, -0.2) is 4.79 Å². The molecule has 0 atom stereocenters. The number of hydrogen-bond acceptors (Lipinski definition) is 5. The summed E-state index contributed by atoms with van der Waals surface area (Å²) in [6.07, 6.45) is 4.76. The molecule has 6 nitrogen and oxygen atoms in total. The lowest BCUT2D eigenvalue weighted by molar-refractivity contribution is -0.116. The predicted octanol–water partition coefficient (Wildman–Crippen LogP) is 1.57. The number of ether oxygens (including phenoxy) is 2. The highest BCUT2D eigenvalue weighted by Crippen LogP contribution is 2.24. The smallest absolute Gasteiger partial charge is 0.342 e. The van der Waals surface area contributed by atoms with Crippen LogP contribution in [0.2, 0.25) is 0 Å². The minimum Gasteiger partial charge on any atom is -0.496 e. The summed E-state index contributed by atoms with van der Waals surface area (Å²) in [6.45, 7) is 3.64. The van der Waals surface area contributed by atoms with E-state index < -0.39 is 5.97 Å². The van der Waals surface area contributed by atoms with Crippen LogP contribution in [0.15, 0.2) is 48.4 Å². The topological polar surface area (TPSA) is 76.7 Å². The van der Waals surface area contributed by atoms with Crippen LogP contribution in [0.1, 0.15) is 15.9 Å². The number of esters is 1. The molecule has 0 unspecified atom stereocenters. The molecule has 1 aliphatic heterocycles. The maximum Gasteiger partial charge on any atom is 0.342 e. The molecular formula is C16H16N2O4. The van der Waals surface area contributed by atoms with E-state index in [-0.39, 0.29) is 5.91 Å². The van der Waals surface area contributed by atoms with Crippen molar-refractivity contribution in [1.29, 1.82) is 0 Å². The normalized spacial score (nSPS) is 14.2. The van der Waals surface area contributed by atoms with Gasteiger partial charge in [0.15, 0.2) is 0 Å². The lowest BCUT2D eigenvalue weighted by Gasteiger charge is -2.16. The molecule has 1 aromatic rings. The third-order valence-electron chi connectivity index (χ3n) is 2.97. The van der Waals surface area contributed by atoms with E-state index >= 15 is 0 Å². The Balaban J connectivity index is 2.37. The quantitative estimate of drug-likeness (QED) is 0.825. The summed E-state index contributed by atoms with van der Waals surface area (Å²) in [4.78, 5) is 23.3. The van der Waals surface area contributed by atoms with E-state index in [0.717, 1.165) is 0 Å². The van der Waals surface area contributed by atoms with Gasteiger partial charge < -0.3 is 20.1 Å². The summed E-state index contributed by atoms with van der Waals surface area (Å²) in [5.41, 5.74) is 1.50. The number of carbonyl (C=O) groups is 2. The molecule has 1 aliphatic rings. The summed E-state index contributed by atoms with van der Waals surface area (Å²) in [5, 5.41) is 5.42. The average molecular weight is 300 g/mol. The molecule has 1 aromatic carbocycles. The van der Waals surface area contributed by atoms with E-state index in [4.69, 9.17) is 9.47 Å². The standard InChI is InChI=1S/C16H16N2O4/c1-10-17-12(9-14(19)18-10)8-7-11-5-4-6-13(21-2)15(11)16(20)22-3/h4-9,17H,1H2,2-3H3,(H,18,19)/b8-7+. The molecule has 0 radical (unpaired) electrons. The SMILES string of the molecule is C=C1NC(=O)C=C(/C=C/c2cccc(OC)c2C(=O)OC)N1. The number of amides is 1. The molecule has 0 spiro atoms. The van der Waals surface area contributed by atoms with E-state index in [1.54, 1.807) is 30.4 Å². The molecule has 22 heavy (non-hydrogen) atoms. The van der Waals surface area contributed by atoms with Gasteiger partial charge in [0.2, 0.25) is 0 Å². The number of hydrogen-bond donors (Lipinski definition) is 2. The Morgan fingerprint density at radius 1 is 1.23 bits per heavy atom. The van der Waals surface area contributed by atoms with Crippen molar-refractivity contribution < 1.29 is 19.1 Å². The van der Waals surface area contributed by atoms with E-state index in [1.807, 2.05) is 0 Å². The zero-order valence-electron chi connectivity index (χ0n) is 12.3. The highest BCUT2D eigenvalue weighted by molar-refractivity contribution is 5.97. The summed E-state index contributed by atoms with van der Waals surface area (Å²) in [6, 6.07) is 5.19. The van der Waals surface area contributed by atoms with Gasteiger partial charge in [0, 0.05) is 11.8 Å². The van der Waals surface area contributed by atoms with E-state index in [9.17, 15) is 9.59 Å². The molecule has 0 saturated heterocycles. The first kappa shape index (κ1) is 15.4. The Labute approximate surface area is 128 Å². The van der Waals surface area contributed by atoms with Crippen molar-refractivity contribution in [3.05, 3.63) is 59.6 Å². The molecule has 114 valence electrons. The van der Waals surface area contributed by atoms with Crippen LogP contribution in [0.4, 0.5) is 0 Å². The number of carbonyl (C=O) groups excluding carboxylic acids is 2. The molecule has 0 fully saturated rings. The zero-order chi connectivity index (χ0) is 16.1. The number of rotatable bonds is 4. The van der Waals surface area contributed by atoms with Crippen LogP contribution >= 0.6 is 0 Å². The van der Waals surface area contributed by atoms with Gasteiger partial charge in [-0.05, 0) is 17.7 Å². The summed E-state index contributed by atoms with van der Waals surface area (Å²) >= 11 is 0. The minimum atomic E-state index is -0.496. The fourth-order valence-electron chi connectivity index (χ4n) is 2.01. The fraction of sp³-hybridized carbons (Fsp3) is 0.125. The van der Waals surface area contributed by atoms with Crippen LogP contribution in [-0.2, 0) is 9.53 Å². The molecule has 2 rings (SSSR count). The summed E-state index contributed by atoms with van der Waals surface area (Å²) in [5.74, 6) is 0.0554. The van der Waals surface area contributed by atoms with Gasteiger partial charge in [-0.1, -0.05) is 24.8 Å². The molecule has 0 saturated carbocycles. The zero-order valence-corrected chi connectivity index (χ0v) is 12.3. The van der Waals surface area contributed by atoms with Gasteiger partial charge in [0.05, 0.1) is 14.2 Å². The predicted molar refractivity (Wildman–Crippen MR) is 81.9 cm³/mol. The first-order chi connectivity index (χ1) is 10.5. The molecule has 0 aliphatic carbocycles. The van der Waals surface area contributed by atoms with Gasteiger partial charge in [-0.15, -0.1) is 0 Å². The van der Waals surface area contributed by atoms with Crippen molar-refractivity contribution in [2.45, 2.75) is 0 Å². The Kier molecular flexibility index (Phi) is 4.63. The molecule has 1 heterocycles. The summed E-state index contributed by atoms with van der Waals surface area (Å²) in [7, 11) is 2.79. The van der Waals surface area contributed by atoms with Crippen LogP contribution in [0.25, 0.3) is 6.08 Å². The lowest BCUT2D eigenvalue weighted by Crippen LogP contribution is -2.34. The number of methoxy groups -OCH3 is 2. The second-order valence-electron chi connectivity index (χ2n) is 4.44. The first-order valence-electron chi connectivity index (χ1n) is 6.47. The fourth-order valence-corrected chi connectivity index (χ4v) is 2.01. The Morgan fingerprint density at radius 3 is 2.64 bits per heavy atom. The van der Waals surface area contributed by atoms with Crippen LogP contribution < -0.4 is 15.4 Å². The van der Waals surface area contributed by atoms with Crippen LogP contribution in [0.5, 0.6) is 5.75 Å². The minimum absolute atomic E-state index is 0.262. The highest BCUT2D eigenvalue weighted by atomic mass is 16.5. The number of allylic oxidation sites excluding steroid dienone is 1. The molecule has 2 N–H and O–H groups in total. The van der Waals surface area contributed by atoms with Crippen molar-refractivity contribution in [3.8, 4) is 5.75 Å². The largest absolute Gasteiger partial charge is 0.496 e. The van der Waals surface area contributed by atoms with Crippen molar-refractivity contribution >= 4 is 18.0 Å². The Hall–Kier alpha value is -3.02. The second kappa shape index (κ2) is 6.62. The van der Waals surface area contributed by atoms with E-state index in [1.165, 1.54) is 20.3 Å². The second-order valence-corrected chi connectivity index (χ2v) is 4.44. The molecule has 0 bridgehead atoms. The average Bonchev–Trinajstić information content (AvgIpc) is 2.50. The van der Waals surface area contributed by atoms with Crippen molar-refractivity contribution in [1.82, 2.24) is 10.6 Å². The van der Waals surface area contributed by atoms with Gasteiger partial charge >= 0.3 is 5.97 Å². The third kappa shape index (κ3) is 3.35. The van der Waals surface area contributed by atoms with E-state index in [0.29, 0.717) is 28.4 Å². The lowest BCUT2D eigenvalue weighted by atomic mass is 10.1. The molecular weight excluding hydrogens is 284 g/mol. The maximum absolute atomic E-state index is 11.9. The van der Waals surface area contributed by atoms with Gasteiger partial charge in [0.1, 0.15) is 17.1 Å². The van der Waals surface area contributed by atoms with Crippen LogP contribution in [-0.4, -0.2) is 26.1 Å². The molecule has 0 aromatic heterocycles. The third-order valence-corrected chi connectivity index (χ3v) is 2.97. The van der Waals surface area contributed by atoms with E-state index in [2.05, 4.69) is 17.2 Å².